The molecule has 3 N–H and O–H groups in total. The van der Waals surface area contributed by atoms with Crippen LogP contribution in [-0.2, 0) is 25.5 Å². The summed E-state index contributed by atoms with van der Waals surface area (Å²) in [7, 11) is 1.57. The molecule has 34 heavy (non-hydrogen) atoms. The minimum Gasteiger partial charge on any atom is -0.394 e. The summed E-state index contributed by atoms with van der Waals surface area (Å²) < 4.78 is 6.68. The fourth-order valence-corrected chi connectivity index (χ4v) is 6.52. The van der Waals surface area contributed by atoms with Crippen LogP contribution in [-0.4, -0.2) is 71.2 Å². The number of fused-ring (bicyclic) bond motifs is 1. The van der Waals surface area contributed by atoms with Crippen LogP contribution in [0.1, 0.15) is 51.5 Å². The van der Waals surface area contributed by atoms with E-state index < -0.39 is 35.1 Å². The Morgan fingerprint density at radius 1 is 1.21 bits per heavy atom. The predicted octanol–water partition coefficient (Wildman–Crippen LogP) is 1.41. The monoisotopic (exact) mass is 471 g/mol. The molecule has 1 spiro atoms. The average molecular weight is 472 g/mol. The Balaban J connectivity index is 1.76. The molecular formula is C26H37N3O5. The van der Waals surface area contributed by atoms with Crippen molar-refractivity contribution in [3.8, 4) is 0 Å². The zero-order chi connectivity index (χ0) is 24.5. The predicted molar refractivity (Wildman–Crippen MR) is 127 cm³/mol. The standard InChI is InChI=1S/C26H37N3O5/c1-4-6-14-28-23(32)21-26-13-12-25(5-2,34-26)19(22(31)27-3)20(26)24(33)29(21)18(16-30)15-17-10-8-7-9-11-17/h7-11,18-21,30H,4-6,12-16H2,1-3H3,(H,27,31)(H,28,32)/t18-,19+,20+,21?,25-,26?/m1/s1. The summed E-state index contributed by atoms with van der Waals surface area (Å²) >= 11 is 0. The van der Waals surface area contributed by atoms with E-state index in [1.807, 2.05) is 37.3 Å². The summed E-state index contributed by atoms with van der Waals surface area (Å²) in [6, 6.07) is 8.15. The van der Waals surface area contributed by atoms with Crippen LogP contribution in [0.4, 0.5) is 0 Å². The molecule has 2 bridgehead atoms. The van der Waals surface area contributed by atoms with Gasteiger partial charge in [0.1, 0.15) is 11.6 Å². The normalized spacial score (nSPS) is 32.5. The van der Waals surface area contributed by atoms with E-state index in [1.165, 1.54) is 0 Å². The third-order valence-corrected chi connectivity index (χ3v) is 8.14. The minimum absolute atomic E-state index is 0.225. The third kappa shape index (κ3) is 3.71. The lowest BCUT2D eigenvalue weighted by Crippen LogP contribution is -2.58. The van der Waals surface area contributed by atoms with E-state index in [0.717, 1.165) is 18.4 Å². The lowest BCUT2D eigenvalue weighted by Gasteiger charge is -2.37. The molecule has 0 aromatic heterocycles. The Hall–Kier alpha value is -2.45. The van der Waals surface area contributed by atoms with E-state index >= 15 is 0 Å². The van der Waals surface area contributed by atoms with Crippen molar-refractivity contribution in [2.24, 2.45) is 11.8 Å². The molecule has 1 aromatic rings. The number of carbonyl (C=O) groups is 3. The van der Waals surface area contributed by atoms with Gasteiger partial charge >= 0.3 is 0 Å². The Morgan fingerprint density at radius 2 is 1.94 bits per heavy atom. The fourth-order valence-electron chi connectivity index (χ4n) is 6.52. The first-order valence-corrected chi connectivity index (χ1v) is 12.6. The van der Waals surface area contributed by atoms with Gasteiger partial charge in [0.15, 0.2) is 0 Å². The van der Waals surface area contributed by atoms with Crippen molar-refractivity contribution in [3.05, 3.63) is 35.9 Å². The molecule has 3 heterocycles. The first-order valence-electron chi connectivity index (χ1n) is 12.6. The van der Waals surface area contributed by atoms with Gasteiger partial charge in [-0.25, -0.2) is 0 Å². The molecule has 1 aromatic carbocycles. The molecule has 4 rings (SSSR count). The highest BCUT2D eigenvalue weighted by molar-refractivity contribution is 5.99. The van der Waals surface area contributed by atoms with Crippen LogP contribution in [0.15, 0.2) is 30.3 Å². The summed E-state index contributed by atoms with van der Waals surface area (Å²) in [5, 5.41) is 16.1. The van der Waals surface area contributed by atoms with Crippen molar-refractivity contribution >= 4 is 17.7 Å². The summed E-state index contributed by atoms with van der Waals surface area (Å²) in [5.41, 5.74) is -0.847. The van der Waals surface area contributed by atoms with E-state index in [2.05, 4.69) is 17.6 Å². The average Bonchev–Trinajstić information content (AvgIpc) is 3.46. The fraction of sp³-hybridized carbons (Fsp3) is 0.654. The van der Waals surface area contributed by atoms with Crippen LogP contribution in [0.2, 0.25) is 0 Å². The summed E-state index contributed by atoms with van der Waals surface area (Å²) in [6.07, 6.45) is 3.93. The van der Waals surface area contributed by atoms with Gasteiger partial charge in [0.2, 0.25) is 17.7 Å². The van der Waals surface area contributed by atoms with Gasteiger partial charge in [0, 0.05) is 13.6 Å². The number of rotatable bonds is 10. The number of hydrogen-bond acceptors (Lipinski definition) is 5. The second-order valence-electron chi connectivity index (χ2n) is 9.86. The Morgan fingerprint density at radius 3 is 2.56 bits per heavy atom. The Labute approximate surface area is 201 Å². The van der Waals surface area contributed by atoms with Crippen molar-refractivity contribution in [2.75, 3.05) is 20.2 Å². The van der Waals surface area contributed by atoms with Crippen LogP contribution in [0, 0.1) is 11.8 Å². The lowest BCUT2D eigenvalue weighted by molar-refractivity contribution is -0.151. The van der Waals surface area contributed by atoms with Crippen LogP contribution < -0.4 is 10.6 Å². The molecule has 6 atom stereocenters. The number of likely N-dealkylation sites (tertiary alicyclic amines) is 1. The molecule has 186 valence electrons. The van der Waals surface area contributed by atoms with Crippen LogP contribution >= 0.6 is 0 Å². The first kappa shape index (κ1) is 24.7. The molecular weight excluding hydrogens is 434 g/mol. The van der Waals surface area contributed by atoms with Gasteiger partial charge in [-0.05, 0) is 37.7 Å². The molecule has 3 saturated heterocycles. The minimum atomic E-state index is -1.06. The van der Waals surface area contributed by atoms with Crippen molar-refractivity contribution < 1.29 is 24.2 Å². The molecule has 0 saturated carbocycles. The van der Waals surface area contributed by atoms with E-state index in [4.69, 9.17) is 4.74 Å². The van der Waals surface area contributed by atoms with Gasteiger partial charge < -0.3 is 25.4 Å². The number of ether oxygens (including phenoxy) is 1. The number of nitrogens with zero attached hydrogens (tertiary/aromatic N) is 1. The number of unbranched alkanes of at least 4 members (excludes halogenated alkanes) is 1. The number of nitrogens with one attached hydrogen (secondary N) is 2. The number of amides is 3. The van der Waals surface area contributed by atoms with Crippen molar-refractivity contribution in [3.63, 3.8) is 0 Å². The number of benzene rings is 1. The summed E-state index contributed by atoms with van der Waals surface area (Å²) in [6.45, 7) is 4.25. The van der Waals surface area contributed by atoms with Crippen molar-refractivity contribution in [1.82, 2.24) is 15.5 Å². The largest absolute Gasteiger partial charge is 0.394 e. The van der Waals surface area contributed by atoms with Crippen LogP contribution in [0.5, 0.6) is 0 Å². The number of carbonyl (C=O) groups excluding carboxylic acids is 3. The van der Waals surface area contributed by atoms with Crippen LogP contribution in [0.3, 0.4) is 0 Å². The highest BCUT2D eigenvalue weighted by Gasteiger charge is 2.79. The second kappa shape index (κ2) is 9.66. The molecule has 0 radical (unpaired) electrons. The highest BCUT2D eigenvalue weighted by Crippen LogP contribution is 2.64. The molecule has 8 heteroatoms. The molecule has 2 unspecified atom stereocenters. The Kier molecular flexibility index (Phi) is 7.01. The van der Waals surface area contributed by atoms with Gasteiger partial charge in [0.05, 0.1) is 30.1 Å². The quantitative estimate of drug-likeness (QED) is 0.447. The zero-order valence-electron chi connectivity index (χ0n) is 20.4. The van der Waals surface area contributed by atoms with E-state index in [-0.39, 0.29) is 24.3 Å². The van der Waals surface area contributed by atoms with Crippen molar-refractivity contribution in [1.29, 1.82) is 0 Å². The maximum atomic E-state index is 14.1. The number of aliphatic hydroxyl groups excluding tert-OH is 1. The van der Waals surface area contributed by atoms with Crippen molar-refractivity contribution in [2.45, 2.75) is 75.7 Å². The molecule has 3 aliphatic rings. The molecule has 8 nitrogen and oxygen atoms in total. The van der Waals surface area contributed by atoms with E-state index in [0.29, 0.717) is 32.2 Å². The SMILES string of the molecule is CCCCNC(=O)C1N([C@@H](CO)Cc2ccccc2)C(=O)[C@@H]2[C@@H](C(=O)NC)[C@@]3(CC)CCC12O3. The molecule has 3 aliphatic heterocycles. The molecule has 0 aliphatic carbocycles. The third-order valence-electron chi connectivity index (χ3n) is 8.14. The smallest absolute Gasteiger partial charge is 0.245 e. The van der Waals surface area contributed by atoms with Gasteiger partial charge in [-0.2, -0.15) is 0 Å². The second-order valence-corrected chi connectivity index (χ2v) is 9.86. The number of aliphatic hydroxyl groups is 1. The maximum absolute atomic E-state index is 14.1. The van der Waals surface area contributed by atoms with E-state index in [1.54, 1.807) is 11.9 Å². The van der Waals surface area contributed by atoms with Gasteiger partial charge in [-0.3, -0.25) is 14.4 Å². The summed E-state index contributed by atoms with van der Waals surface area (Å²) in [5.74, 6) is -2.16. The van der Waals surface area contributed by atoms with Gasteiger partial charge in [-0.1, -0.05) is 50.6 Å². The molecule has 3 fully saturated rings. The first-order chi connectivity index (χ1) is 16.4. The Bertz CT molecular complexity index is 924. The van der Waals surface area contributed by atoms with E-state index in [9.17, 15) is 19.5 Å². The van der Waals surface area contributed by atoms with Gasteiger partial charge in [-0.15, -0.1) is 0 Å². The maximum Gasteiger partial charge on any atom is 0.245 e. The van der Waals surface area contributed by atoms with Crippen LogP contribution in [0.25, 0.3) is 0 Å². The number of hydrogen-bond donors (Lipinski definition) is 3. The van der Waals surface area contributed by atoms with Gasteiger partial charge in [0.25, 0.3) is 0 Å². The summed E-state index contributed by atoms with van der Waals surface area (Å²) in [4.78, 5) is 42.3. The zero-order valence-corrected chi connectivity index (χ0v) is 20.4. The molecule has 3 amide bonds. The lowest BCUT2D eigenvalue weighted by atomic mass is 9.65. The highest BCUT2D eigenvalue weighted by atomic mass is 16.5. The topological polar surface area (TPSA) is 108 Å².